The summed E-state index contributed by atoms with van der Waals surface area (Å²) < 4.78 is 0. The van der Waals surface area contributed by atoms with Crippen LogP contribution in [-0.4, -0.2) is 25.3 Å². The van der Waals surface area contributed by atoms with E-state index in [0.29, 0.717) is 11.5 Å². The van der Waals surface area contributed by atoms with E-state index in [1.165, 1.54) is 0 Å². The van der Waals surface area contributed by atoms with E-state index in [2.05, 4.69) is 30.4 Å². The summed E-state index contributed by atoms with van der Waals surface area (Å²) in [5.41, 5.74) is 3.16. The largest absolute Gasteiger partial charge is 0.493 e. The lowest BCUT2D eigenvalue weighted by Gasteiger charge is -1.93. The summed E-state index contributed by atoms with van der Waals surface area (Å²) in [4.78, 5) is 7.16. The third-order valence-electron chi connectivity index (χ3n) is 3.67. The highest BCUT2D eigenvalue weighted by molar-refractivity contribution is 5.94. The number of hydrogen-bond donors (Lipinski definition) is 3. The lowest BCUT2D eigenvalue weighted by molar-refractivity contribution is 0.459. The molecule has 3 N–H and O–H groups in total. The second-order valence-electron chi connectivity index (χ2n) is 5.42. The first-order chi connectivity index (χ1) is 11.7. The molecule has 4 rings (SSSR count). The number of benzene rings is 2. The van der Waals surface area contributed by atoms with Crippen LogP contribution < -0.4 is 0 Å². The zero-order chi connectivity index (χ0) is 16.5. The Morgan fingerprint density at radius 3 is 2.71 bits per heavy atom. The molecule has 2 aromatic carbocycles. The van der Waals surface area contributed by atoms with Gasteiger partial charge in [0.15, 0.2) is 11.5 Å². The van der Waals surface area contributed by atoms with Gasteiger partial charge in [-0.25, -0.2) is 0 Å². The fourth-order valence-electron chi connectivity index (χ4n) is 2.50. The highest BCUT2D eigenvalue weighted by Gasteiger charge is 2.11. The van der Waals surface area contributed by atoms with Crippen molar-refractivity contribution >= 4 is 22.5 Å². The van der Waals surface area contributed by atoms with Gasteiger partial charge >= 0.3 is 0 Å². The number of nitrogens with zero attached hydrogens (tertiary/aromatic N) is 4. The van der Waals surface area contributed by atoms with Crippen molar-refractivity contribution in [1.82, 2.24) is 20.2 Å². The highest BCUT2D eigenvalue weighted by atomic mass is 16.3. The maximum absolute atomic E-state index is 10.0. The second kappa shape index (κ2) is 5.62. The third-order valence-corrected chi connectivity index (χ3v) is 3.67. The molecule has 0 atom stereocenters. The molecule has 0 saturated carbocycles. The van der Waals surface area contributed by atoms with Crippen LogP contribution in [-0.2, 0) is 0 Å². The smallest absolute Gasteiger partial charge is 0.287 e. The van der Waals surface area contributed by atoms with Crippen molar-refractivity contribution in [2.24, 2.45) is 10.2 Å². The summed E-state index contributed by atoms with van der Waals surface area (Å²) in [5.74, 6) is 0.789. The minimum atomic E-state index is -0.0295. The maximum atomic E-state index is 10.0. The Labute approximate surface area is 137 Å². The predicted octanol–water partition coefficient (Wildman–Crippen LogP) is 4.38. The molecule has 0 saturated heterocycles. The molecule has 0 spiro atoms. The average molecular weight is 318 g/mol. The number of nitrogens with one attached hydrogen (secondary N) is 2. The molecule has 0 aliphatic carbocycles. The zero-order valence-corrected chi connectivity index (χ0v) is 12.9. The van der Waals surface area contributed by atoms with Gasteiger partial charge in [-0.15, -0.1) is 15.3 Å². The molecule has 4 aromatic rings. The molecule has 0 radical (unpaired) electrons. The van der Waals surface area contributed by atoms with Crippen molar-refractivity contribution in [3.63, 3.8) is 0 Å². The summed E-state index contributed by atoms with van der Waals surface area (Å²) in [6.07, 6.45) is 0. The van der Waals surface area contributed by atoms with Gasteiger partial charge in [0.05, 0.1) is 5.52 Å². The van der Waals surface area contributed by atoms with E-state index in [0.717, 1.165) is 22.0 Å². The molecule has 2 aromatic heterocycles. The number of hydrogen-bond acceptors (Lipinski definition) is 5. The Hall–Kier alpha value is -3.48. The van der Waals surface area contributed by atoms with Crippen LogP contribution >= 0.6 is 0 Å². The SMILES string of the molecule is Cc1ccc2[nH]c(O)c(N=Nc3n[nH]c(-c4ccccc4)n3)c2c1. The van der Waals surface area contributed by atoms with Crippen LogP contribution in [0.5, 0.6) is 5.88 Å². The van der Waals surface area contributed by atoms with Crippen LogP contribution in [0.4, 0.5) is 11.6 Å². The topological polar surface area (TPSA) is 102 Å². The molecule has 24 heavy (non-hydrogen) atoms. The van der Waals surface area contributed by atoms with Gasteiger partial charge in [0.1, 0.15) is 0 Å². The molecule has 7 nitrogen and oxygen atoms in total. The Kier molecular flexibility index (Phi) is 3.31. The van der Waals surface area contributed by atoms with Gasteiger partial charge in [0.2, 0.25) is 5.88 Å². The third kappa shape index (κ3) is 2.52. The average Bonchev–Trinajstić information content (AvgIpc) is 3.18. The number of fused-ring (bicyclic) bond motifs is 1. The molecule has 7 heteroatoms. The molecule has 0 aliphatic rings. The summed E-state index contributed by atoms with van der Waals surface area (Å²) in [6.45, 7) is 1.98. The van der Waals surface area contributed by atoms with Crippen molar-refractivity contribution < 1.29 is 5.11 Å². The Bertz CT molecular complexity index is 1030. The normalized spacial score (nSPS) is 11.5. The van der Waals surface area contributed by atoms with Crippen LogP contribution in [0.25, 0.3) is 22.3 Å². The van der Waals surface area contributed by atoms with Crippen molar-refractivity contribution in [1.29, 1.82) is 0 Å². The number of azo groups is 1. The first kappa shape index (κ1) is 14.1. The predicted molar refractivity (Wildman–Crippen MR) is 90.7 cm³/mol. The van der Waals surface area contributed by atoms with Crippen molar-refractivity contribution in [2.45, 2.75) is 6.92 Å². The number of H-pyrrole nitrogens is 2. The molecule has 0 fully saturated rings. The van der Waals surface area contributed by atoms with Gasteiger partial charge in [-0.05, 0) is 19.1 Å². The van der Waals surface area contributed by atoms with Crippen molar-refractivity contribution in [3.05, 3.63) is 54.1 Å². The number of aromatic amines is 2. The maximum Gasteiger partial charge on any atom is 0.287 e. The van der Waals surface area contributed by atoms with Gasteiger partial charge in [-0.3, -0.25) is 5.10 Å². The summed E-state index contributed by atoms with van der Waals surface area (Å²) in [5, 5.41) is 25.8. The molecular formula is C17H14N6O. The molecule has 0 unspecified atom stereocenters. The van der Waals surface area contributed by atoms with E-state index >= 15 is 0 Å². The zero-order valence-electron chi connectivity index (χ0n) is 12.9. The van der Waals surface area contributed by atoms with Gasteiger partial charge in [0, 0.05) is 10.9 Å². The standard InChI is InChI=1S/C17H14N6O/c1-10-7-8-13-12(9-10)14(16(24)18-13)20-22-17-19-15(21-23-17)11-5-3-2-4-6-11/h2-9,18,24H,1H3,(H,19,21,23). The van der Waals surface area contributed by atoms with Crippen LogP contribution in [0.1, 0.15) is 5.56 Å². The van der Waals surface area contributed by atoms with Gasteiger partial charge < -0.3 is 10.1 Å². The van der Waals surface area contributed by atoms with Gasteiger partial charge in [-0.1, -0.05) is 42.0 Å². The van der Waals surface area contributed by atoms with E-state index in [1.54, 1.807) is 0 Å². The van der Waals surface area contributed by atoms with Crippen LogP contribution in [0.15, 0.2) is 58.8 Å². The first-order valence-electron chi connectivity index (χ1n) is 7.41. The second-order valence-corrected chi connectivity index (χ2v) is 5.42. The number of rotatable bonds is 3. The molecule has 2 heterocycles. The fraction of sp³-hybridized carbons (Fsp3) is 0.0588. The first-order valence-corrected chi connectivity index (χ1v) is 7.41. The molecular weight excluding hydrogens is 304 g/mol. The van der Waals surface area contributed by atoms with E-state index in [1.807, 2.05) is 55.5 Å². The van der Waals surface area contributed by atoms with E-state index in [-0.39, 0.29) is 11.8 Å². The van der Waals surface area contributed by atoms with E-state index in [4.69, 9.17) is 0 Å². The van der Waals surface area contributed by atoms with Crippen molar-refractivity contribution in [2.75, 3.05) is 0 Å². The highest BCUT2D eigenvalue weighted by Crippen LogP contribution is 2.36. The van der Waals surface area contributed by atoms with Crippen LogP contribution in [0.3, 0.4) is 0 Å². The lowest BCUT2D eigenvalue weighted by Crippen LogP contribution is -1.78. The van der Waals surface area contributed by atoms with E-state index in [9.17, 15) is 5.11 Å². The Morgan fingerprint density at radius 1 is 1.04 bits per heavy atom. The molecule has 0 aliphatic heterocycles. The van der Waals surface area contributed by atoms with Crippen LogP contribution in [0.2, 0.25) is 0 Å². The van der Waals surface area contributed by atoms with E-state index < -0.39 is 0 Å². The lowest BCUT2D eigenvalue weighted by atomic mass is 10.2. The minimum absolute atomic E-state index is 0.0295. The molecule has 0 amide bonds. The number of aromatic hydroxyl groups is 1. The summed E-state index contributed by atoms with van der Waals surface area (Å²) in [6, 6.07) is 15.4. The Balaban J connectivity index is 1.68. The van der Waals surface area contributed by atoms with Crippen molar-refractivity contribution in [3.8, 4) is 17.3 Å². The number of aromatic nitrogens is 4. The summed E-state index contributed by atoms with van der Waals surface area (Å²) in [7, 11) is 0. The van der Waals surface area contributed by atoms with Gasteiger partial charge in [-0.2, -0.15) is 4.98 Å². The van der Waals surface area contributed by atoms with Gasteiger partial charge in [0.25, 0.3) is 5.95 Å². The van der Waals surface area contributed by atoms with Crippen LogP contribution in [0, 0.1) is 6.92 Å². The summed E-state index contributed by atoms with van der Waals surface area (Å²) >= 11 is 0. The Morgan fingerprint density at radius 2 is 1.88 bits per heavy atom. The monoisotopic (exact) mass is 318 g/mol. The number of aryl methyl sites for hydroxylation is 1. The molecule has 0 bridgehead atoms. The molecule has 118 valence electrons. The minimum Gasteiger partial charge on any atom is -0.493 e. The fourth-order valence-corrected chi connectivity index (χ4v) is 2.50. The quantitative estimate of drug-likeness (QED) is 0.488.